The van der Waals surface area contributed by atoms with E-state index in [9.17, 15) is 24.3 Å². The lowest BCUT2D eigenvalue weighted by atomic mass is 10.0. The molecule has 0 bridgehead atoms. The van der Waals surface area contributed by atoms with Crippen LogP contribution in [0.1, 0.15) is 38.8 Å². The normalized spacial score (nSPS) is 13.4. The summed E-state index contributed by atoms with van der Waals surface area (Å²) in [5.41, 5.74) is 6.23. The molecule has 0 heterocycles. The Hall–Kier alpha value is -4.12. The van der Waals surface area contributed by atoms with Gasteiger partial charge in [-0.1, -0.05) is 42.5 Å². The van der Waals surface area contributed by atoms with Crippen molar-refractivity contribution in [2.24, 2.45) is 5.73 Å². The highest BCUT2D eigenvalue weighted by atomic mass is 16.6. The van der Waals surface area contributed by atoms with Gasteiger partial charge in [0, 0.05) is 6.42 Å². The zero-order valence-corrected chi connectivity index (χ0v) is 22.0. The summed E-state index contributed by atoms with van der Waals surface area (Å²) in [6, 6.07) is 14.1. The van der Waals surface area contributed by atoms with Crippen molar-refractivity contribution in [3.8, 4) is 5.75 Å². The van der Waals surface area contributed by atoms with Crippen LogP contribution in [0.5, 0.6) is 5.75 Å². The smallest absolute Gasteiger partial charge is 0.408 e. The monoisotopic (exact) mass is 528 g/mol. The SMILES string of the molecule is C[C@@H](O)[C@H](NC(=O)[C@@H](Cc1ccc(OCc2ccccc2)cc1)NC(=O)CNC(=O)OC(C)(C)C)C(N)=O. The van der Waals surface area contributed by atoms with E-state index in [0.29, 0.717) is 17.9 Å². The summed E-state index contributed by atoms with van der Waals surface area (Å²) < 4.78 is 10.9. The number of carbonyl (C=O) groups excluding carboxylic acids is 4. The maximum absolute atomic E-state index is 13.0. The molecular formula is C27H36N4O7. The number of amides is 4. The maximum Gasteiger partial charge on any atom is 0.408 e. The third kappa shape index (κ3) is 10.9. The topological polar surface area (TPSA) is 169 Å². The van der Waals surface area contributed by atoms with Crippen LogP contribution in [0.25, 0.3) is 0 Å². The number of nitrogens with one attached hydrogen (secondary N) is 3. The van der Waals surface area contributed by atoms with Crippen LogP contribution in [0.4, 0.5) is 4.79 Å². The summed E-state index contributed by atoms with van der Waals surface area (Å²) in [6.07, 6.45) is -1.99. The zero-order valence-electron chi connectivity index (χ0n) is 22.0. The fourth-order valence-electron chi connectivity index (χ4n) is 3.30. The molecule has 2 aromatic rings. The summed E-state index contributed by atoms with van der Waals surface area (Å²) in [4.78, 5) is 49.0. The molecule has 3 atom stereocenters. The summed E-state index contributed by atoms with van der Waals surface area (Å²) >= 11 is 0. The number of hydrogen-bond donors (Lipinski definition) is 5. The van der Waals surface area contributed by atoms with E-state index in [1.165, 1.54) is 6.92 Å². The van der Waals surface area contributed by atoms with Crippen molar-refractivity contribution in [1.29, 1.82) is 0 Å². The van der Waals surface area contributed by atoms with Gasteiger partial charge in [-0.15, -0.1) is 0 Å². The number of aliphatic hydroxyl groups is 1. The van der Waals surface area contributed by atoms with Crippen LogP contribution in [-0.4, -0.2) is 59.3 Å². The number of carbonyl (C=O) groups is 4. The molecule has 38 heavy (non-hydrogen) atoms. The number of hydrogen-bond acceptors (Lipinski definition) is 7. The third-order valence-corrected chi connectivity index (χ3v) is 5.14. The quantitative estimate of drug-likeness (QED) is 0.275. The van der Waals surface area contributed by atoms with E-state index in [0.717, 1.165) is 5.56 Å². The molecule has 0 aliphatic carbocycles. The van der Waals surface area contributed by atoms with Crippen LogP contribution in [-0.2, 0) is 32.1 Å². The highest BCUT2D eigenvalue weighted by Gasteiger charge is 2.29. The van der Waals surface area contributed by atoms with Crippen molar-refractivity contribution in [3.05, 3.63) is 65.7 Å². The minimum absolute atomic E-state index is 0.0499. The van der Waals surface area contributed by atoms with Gasteiger partial charge in [-0.05, 0) is 51.0 Å². The molecule has 6 N–H and O–H groups in total. The number of alkyl carbamates (subject to hydrolysis) is 1. The number of primary amides is 1. The second-order valence-corrected chi connectivity index (χ2v) is 9.73. The second-order valence-electron chi connectivity index (χ2n) is 9.73. The molecule has 4 amide bonds. The maximum atomic E-state index is 13.0. The molecule has 0 aromatic heterocycles. The number of ether oxygens (including phenoxy) is 2. The molecule has 11 nitrogen and oxygen atoms in total. The summed E-state index contributed by atoms with van der Waals surface area (Å²) in [6.45, 7) is 6.30. The van der Waals surface area contributed by atoms with E-state index in [-0.39, 0.29) is 6.42 Å². The molecule has 0 aliphatic heterocycles. The predicted octanol–water partition coefficient (Wildman–Crippen LogP) is 1.17. The standard InChI is InChI=1S/C27H36N4O7/c1-17(32)23(24(28)34)31-25(35)21(30-22(33)15-29-26(36)38-27(2,3)4)14-18-10-12-20(13-11-18)37-16-19-8-6-5-7-9-19/h5-13,17,21,23,32H,14-16H2,1-4H3,(H2,28,34)(H,29,36)(H,30,33)(H,31,35)/t17-,21-,23+/m1/s1. The lowest BCUT2D eigenvalue weighted by Gasteiger charge is -2.24. The van der Waals surface area contributed by atoms with E-state index in [1.54, 1.807) is 45.0 Å². The van der Waals surface area contributed by atoms with Gasteiger partial charge in [0.1, 0.15) is 36.6 Å². The number of rotatable bonds is 12. The average molecular weight is 529 g/mol. The average Bonchev–Trinajstić information content (AvgIpc) is 2.84. The van der Waals surface area contributed by atoms with Gasteiger partial charge in [0.25, 0.3) is 0 Å². The Morgan fingerprint density at radius 1 is 0.947 bits per heavy atom. The molecule has 0 saturated heterocycles. The first kappa shape index (κ1) is 30.1. The second kappa shape index (κ2) is 14.0. The molecule has 0 radical (unpaired) electrons. The molecule has 11 heteroatoms. The van der Waals surface area contributed by atoms with Gasteiger partial charge in [0.05, 0.1) is 6.10 Å². The Labute approximate surface area is 222 Å². The van der Waals surface area contributed by atoms with Crippen molar-refractivity contribution < 1.29 is 33.8 Å². The number of aliphatic hydroxyl groups excluding tert-OH is 1. The minimum atomic E-state index is -1.35. The predicted molar refractivity (Wildman–Crippen MR) is 140 cm³/mol. The third-order valence-electron chi connectivity index (χ3n) is 5.14. The summed E-state index contributed by atoms with van der Waals surface area (Å²) in [5, 5.41) is 17.0. The highest BCUT2D eigenvalue weighted by molar-refractivity contribution is 5.92. The van der Waals surface area contributed by atoms with Gasteiger partial charge in [-0.3, -0.25) is 14.4 Å². The van der Waals surface area contributed by atoms with Crippen molar-refractivity contribution in [2.75, 3.05) is 6.54 Å². The largest absolute Gasteiger partial charge is 0.489 e. The van der Waals surface area contributed by atoms with Gasteiger partial charge in [-0.2, -0.15) is 0 Å². The summed E-state index contributed by atoms with van der Waals surface area (Å²) in [7, 11) is 0. The van der Waals surface area contributed by atoms with Crippen molar-refractivity contribution in [1.82, 2.24) is 16.0 Å². The van der Waals surface area contributed by atoms with Crippen LogP contribution < -0.4 is 26.4 Å². The zero-order chi connectivity index (χ0) is 28.3. The molecule has 0 unspecified atom stereocenters. The molecule has 0 saturated carbocycles. The molecule has 0 fully saturated rings. The van der Waals surface area contributed by atoms with Gasteiger partial charge in [-0.25, -0.2) is 4.79 Å². The van der Waals surface area contributed by atoms with E-state index in [1.807, 2.05) is 30.3 Å². The van der Waals surface area contributed by atoms with Crippen molar-refractivity contribution in [2.45, 2.75) is 64.5 Å². The Balaban J connectivity index is 2.07. The van der Waals surface area contributed by atoms with Crippen LogP contribution in [0.2, 0.25) is 0 Å². The van der Waals surface area contributed by atoms with Crippen molar-refractivity contribution in [3.63, 3.8) is 0 Å². The number of nitrogens with two attached hydrogens (primary N) is 1. The van der Waals surface area contributed by atoms with Gasteiger partial charge >= 0.3 is 6.09 Å². The minimum Gasteiger partial charge on any atom is -0.489 e. The van der Waals surface area contributed by atoms with E-state index in [4.69, 9.17) is 15.2 Å². The molecule has 2 aromatic carbocycles. The van der Waals surface area contributed by atoms with Crippen LogP contribution in [0.3, 0.4) is 0 Å². The van der Waals surface area contributed by atoms with Crippen LogP contribution >= 0.6 is 0 Å². The van der Waals surface area contributed by atoms with Crippen LogP contribution in [0, 0.1) is 0 Å². The van der Waals surface area contributed by atoms with Crippen molar-refractivity contribution >= 4 is 23.8 Å². The first-order chi connectivity index (χ1) is 17.8. The van der Waals surface area contributed by atoms with Crippen LogP contribution in [0.15, 0.2) is 54.6 Å². The van der Waals surface area contributed by atoms with Gasteiger partial charge in [0.15, 0.2) is 0 Å². The first-order valence-corrected chi connectivity index (χ1v) is 12.1. The summed E-state index contributed by atoms with van der Waals surface area (Å²) in [5.74, 6) is -1.70. The Bertz CT molecular complexity index is 1080. The Kier molecular flexibility index (Phi) is 11.1. The molecular weight excluding hydrogens is 492 g/mol. The molecule has 0 aliphatic rings. The lowest BCUT2D eigenvalue weighted by molar-refractivity contribution is -0.132. The fraction of sp³-hybridized carbons (Fsp3) is 0.407. The molecule has 2 rings (SSSR count). The van der Waals surface area contributed by atoms with E-state index in [2.05, 4.69) is 16.0 Å². The Morgan fingerprint density at radius 3 is 2.13 bits per heavy atom. The van der Waals surface area contributed by atoms with E-state index < -0.39 is 54.1 Å². The van der Waals surface area contributed by atoms with Gasteiger partial charge < -0.3 is 36.3 Å². The fourth-order valence-corrected chi connectivity index (χ4v) is 3.30. The van der Waals surface area contributed by atoms with E-state index >= 15 is 0 Å². The number of benzene rings is 2. The molecule has 206 valence electrons. The highest BCUT2D eigenvalue weighted by Crippen LogP contribution is 2.16. The Morgan fingerprint density at radius 2 is 1.58 bits per heavy atom. The molecule has 0 spiro atoms. The first-order valence-electron chi connectivity index (χ1n) is 12.1. The van der Waals surface area contributed by atoms with Gasteiger partial charge in [0.2, 0.25) is 17.7 Å². The lowest BCUT2D eigenvalue weighted by Crippen LogP contribution is -2.57.